The molecule has 13 N–H and O–H groups in total. The van der Waals surface area contributed by atoms with Crippen molar-refractivity contribution in [2.75, 3.05) is 6.54 Å². The first kappa shape index (κ1) is 31.0. The summed E-state index contributed by atoms with van der Waals surface area (Å²) in [6.45, 7) is 0.430. The summed E-state index contributed by atoms with van der Waals surface area (Å²) in [5.41, 5.74) is 22.0. The number of nitrogens with zero attached hydrogens (tertiary/aromatic N) is 1. The van der Waals surface area contributed by atoms with Crippen molar-refractivity contribution < 1.29 is 33.9 Å². The number of amides is 5. The predicted molar refractivity (Wildman–Crippen MR) is 129 cm³/mol. The van der Waals surface area contributed by atoms with Crippen molar-refractivity contribution in [1.29, 1.82) is 0 Å². The van der Waals surface area contributed by atoms with Crippen molar-refractivity contribution in [2.24, 2.45) is 22.9 Å². The molecular weight excluding hydrogens is 490 g/mol. The smallest absolute Gasteiger partial charge is 0.326 e. The van der Waals surface area contributed by atoms with Gasteiger partial charge in [-0.05, 0) is 25.8 Å². The number of nitrogens with one attached hydrogen (secondary N) is 4. The number of rotatable bonds is 18. The molecule has 0 saturated carbocycles. The van der Waals surface area contributed by atoms with Crippen molar-refractivity contribution in [3.05, 3.63) is 18.2 Å². The number of H-pyrrole nitrogens is 1. The highest BCUT2D eigenvalue weighted by Gasteiger charge is 2.31. The number of aromatic amines is 1. The Morgan fingerprint density at radius 2 is 1.51 bits per heavy atom. The van der Waals surface area contributed by atoms with E-state index >= 15 is 0 Å². The molecule has 16 heteroatoms. The third-order valence-corrected chi connectivity index (χ3v) is 5.25. The summed E-state index contributed by atoms with van der Waals surface area (Å²) in [7, 11) is 0. The van der Waals surface area contributed by atoms with Crippen molar-refractivity contribution >= 4 is 35.5 Å². The van der Waals surface area contributed by atoms with Crippen LogP contribution in [0.2, 0.25) is 0 Å². The van der Waals surface area contributed by atoms with E-state index in [0.29, 0.717) is 31.5 Å². The summed E-state index contributed by atoms with van der Waals surface area (Å²) in [5.74, 6) is -5.61. The van der Waals surface area contributed by atoms with Gasteiger partial charge >= 0.3 is 5.97 Å². The van der Waals surface area contributed by atoms with Gasteiger partial charge in [0, 0.05) is 24.7 Å². The Labute approximate surface area is 212 Å². The van der Waals surface area contributed by atoms with Crippen LogP contribution in [0.3, 0.4) is 0 Å². The maximum atomic E-state index is 13.1. The van der Waals surface area contributed by atoms with E-state index in [9.17, 15) is 33.9 Å². The van der Waals surface area contributed by atoms with Crippen molar-refractivity contribution in [3.8, 4) is 0 Å². The lowest BCUT2D eigenvalue weighted by atomic mass is 10.1. The molecule has 1 rings (SSSR count). The van der Waals surface area contributed by atoms with E-state index in [1.165, 1.54) is 12.5 Å². The Hall–Kier alpha value is -4.05. The Morgan fingerprint density at radius 1 is 0.892 bits per heavy atom. The molecule has 0 aliphatic carbocycles. The van der Waals surface area contributed by atoms with Crippen molar-refractivity contribution in [2.45, 2.75) is 69.1 Å². The SMILES string of the molecule is NCCCCC(N)C(=O)NC(CCC(N)=O)C(=O)NC(Cc1cnc[nH]1)C(=O)NC(CC(N)=O)C(=O)O. The van der Waals surface area contributed by atoms with E-state index in [4.69, 9.17) is 22.9 Å². The van der Waals surface area contributed by atoms with Gasteiger partial charge in [-0.3, -0.25) is 24.0 Å². The fourth-order valence-corrected chi connectivity index (χ4v) is 3.25. The van der Waals surface area contributed by atoms with Gasteiger partial charge in [-0.25, -0.2) is 9.78 Å². The number of carboxylic acid groups (broad SMARTS) is 1. The maximum absolute atomic E-state index is 13.1. The van der Waals surface area contributed by atoms with Gasteiger partial charge in [0.15, 0.2) is 0 Å². The summed E-state index contributed by atoms with van der Waals surface area (Å²) in [6, 6.07) is -5.21. The zero-order valence-corrected chi connectivity index (χ0v) is 20.3. The first-order valence-electron chi connectivity index (χ1n) is 11.6. The van der Waals surface area contributed by atoms with Gasteiger partial charge in [0.1, 0.15) is 18.1 Å². The first-order chi connectivity index (χ1) is 17.4. The number of hydrogen-bond donors (Lipinski definition) is 9. The van der Waals surface area contributed by atoms with Crippen LogP contribution >= 0.6 is 0 Å². The lowest BCUT2D eigenvalue weighted by molar-refractivity contribution is -0.143. The van der Waals surface area contributed by atoms with Crippen LogP contribution in [0.5, 0.6) is 0 Å². The van der Waals surface area contributed by atoms with Crippen molar-refractivity contribution in [3.63, 3.8) is 0 Å². The highest BCUT2D eigenvalue weighted by atomic mass is 16.4. The monoisotopic (exact) mass is 525 g/mol. The lowest BCUT2D eigenvalue weighted by Crippen LogP contribution is -2.58. The minimum atomic E-state index is -1.64. The summed E-state index contributed by atoms with van der Waals surface area (Å²) in [6.07, 6.45) is 3.03. The second kappa shape index (κ2) is 15.8. The first-order valence-corrected chi connectivity index (χ1v) is 11.6. The molecule has 1 heterocycles. The molecule has 0 aromatic carbocycles. The average molecular weight is 526 g/mol. The number of nitrogens with two attached hydrogens (primary N) is 4. The van der Waals surface area contributed by atoms with E-state index in [1.807, 2.05) is 0 Å². The van der Waals surface area contributed by atoms with Gasteiger partial charge in [-0.15, -0.1) is 0 Å². The zero-order chi connectivity index (χ0) is 28.0. The Balaban J connectivity index is 3.05. The van der Waals surface area contributed by atoms with Gasteiger partial charge in [-0.2, -0.15) is 0 Å². The molecule has 206 valence electrons. The Bertz CT molecular complexity index is 939. The summed E-state index contributed by atoms with van der Waals surface area (Å²) < 4.78 is 0. The van der Waals surface area contributed by atoms with Gasteiger partial charge < -0.3 is 49.0 Å². The van der Waals surface area contributed by atoms with Crippen molar-refractivity contribution in [1.82, 2.24) is 25.9 Å². The lowest BCUT2D eigenvalue weighted by Gasteiger charge is -2.25. The second-order valence-corrected chi connectivity index (χ2v) is 8.37. The third-order valence-electron chi connectivity index (χ3n) is 5.25. The molecule has 0 fully saturated rings. The minimum Gasteiger partial charge on any atom is -0.480 e. The second-order valence-electron chi connectivity index (χ2n) is 8.37. The standard InChI is InChI=1S/C21H35N9O7/c22-6-2-1-3-12(23)18(33)28-13(4-5-16(24)31)19(34)29-14(7-11-9-26-10-27-11)20(35)30-15(21(36)37)8-17(25)32/h9-10,12-15H,1-8,22-23H2,(H2,24,31)(H2,25,32)(H,26,27)(H,28,33)(H,29,34)(H,30,35)(H,36,37). The molecule has 1 aromatic rings. The molecule has 0 aliphatic heterocycles. The average Bonchev–Trinajstić information content (AvgIpc) is 3.33. The summed E-state index contributed by atoms with van der Waals surface area (Å²) in [5, 5.41) is 16.4. The molecule has 4 unspecified atom stereocenters. The summed E-state index contributed by atoms with van der Waals surface area (Å²) >= 11 is 0. The molecule has 0 radical (unpaired) electrons. The number of aliphatic carboxylic acids is 1. The molecule has 1 aromatic heterocycles. The highest BCUT2D eigenvalue weighted by molar-refractivity contribution is 5.95. The number of aromatic nitrogens is 2. The fourth-order valence-electron chi connectivity index (χ4n) is 3.25. The molecule has 0 spiro atoms. The number of carbonyl (C=O) groups is 6. The molecule has 5 amide bonds. The summed E-state index contributed by atoms with van der Waals surface area (Å²) in [4.78, 5) is 79.0. The minimum absolute atomic E-state index is 0.143. The van der Waals surface area contributed by atoms with E-state index in [1.54, 1.807) is 0 Å². The van der Waals surface area contributed by atoms with Crippen LogP contribution in [0.15, 0.2) is 12.5 Å². The molecular formula is C21H35N9O7. The zero-order valence-electron chi connectivity index (χ0n) is 20.3. The molecule has 37 heavy (non-hydrogen) atoms. The largest absolute Gasteiger partial charge is 0.480 e. The molecule has 0 saturated heterocycles. The number of unbranched alkanes of at least 4 members (excludes halogenated alkanes) is 1. The van der Waals surface area contributed by atoms with E-state index in [0.717, 1.165) is 0 Å². The third kappa shape index (κ3) is 12.0. The van der Waals surface area contributed by atoms with Gasteiger partial charge in [0.25, 0.3) is 0 Å². The predicted octanol–water partition coefficient (Wildman–Crippen LogP) is -3.91. The van der Waals surface area contributed by atoms with E-state index < -0.39 is 66.1 Å². The van der Waals surface area contributed by atoms with Gasteiger partial charge in [0.05, 0.1) is 18.8 Å². The van der Waals surface area contributed by atoms with Crippen LogP contribution < -0.4 is 38.9 Å². The number of imidazole rings is 1. The molecule has 0 bridgehead atoms. The van der Waals surface area contributed by atoms with Crippen LogP contribution in [0.4, 0.5) is 0 Å². The normalized spacial score (nSPS) is 14.0. The fraction of sp³-hybridized carbons (Fsp3) is 0.571. The number of primary amides is 2. The van der Waals surface area contributed by atoms with E-state index in [2.05, 4.69) is 25.9 Å². The maximum Gasteiger partial charge on any atom is 0.326 e. The van der Waals surface area contributed by atoms with Gasteiger partial charge in [0.2, 0.25) is 29.5 Å². The van der Waals surface area contributed by atoms with Crippen LogP contribution in [0, 0.1) is 0 Å². The van der Waals surface area contributed by atoms with Crippen LogP contribution in [-0.2, 0) is 35.2 Å². The van der Waals surface area contributed by atoms with Crippen LogP contribution in [0.1, 0.15) is 44.2 Å². The topological polar surface area (TPSA) is 292 Å². The number of carboxylic acids is 1. The number of hydrogen-bond acceptors (Lipinski definition) is 9. The van der Waals surface area contributed by atoms with E-state index in [-0.39, 0.29) is 19.3 Å². The Morgan fingerprint density at radius 3 is 2.05 bits per heavy atom. The van der Waals surface area contributed by atoms with Crippen LogP contribution in [0.25, 0.3) is 0 Å². The van der Waals surface area contributed by atoms with Crippen LogP contribution in [-0.4, -0.2) is 81.3 Å². The Kier molecular flexibility index (Phi) is 13.3. The molecule has 16 nitrogen and oxygen atoms in total. The number of carbonyl (C=O) groups excluding carboxylic acids is 5. The molecule has 0 aliphatic rings. The van der Waals surface area contributed by atoms with Gasteiger partial charge in [-0.1, -0.05) is 6.42 Å². The molecule has 4 atom stereocenters. The highest BCUT2D eigenvalue weighted by Crippen LogP contribution is 2.06. The quantitative estimate of drug-likeness (QED) is 0.0839.